The van der Waals surface area contributed by atoms with E-state index in [1.54, 1.807) is 13.0 Å². The number of nitrogens with zero attached hydrogens (tertiary/aromatic N) is 1. The molecule has 20 heavy (non-hydrogen) atoms. The molecule has 0 heterocycles. The van der Waals surface area contributed by atoms with Crippen LogP contribution in [0.1, 0.15) is 30.6 Å². The molecular formula is C13H14Cl2INO3. The summed E-state index contributed by atoms with van der Waals surface area (Å²) >= 11 is 13.9. The molecule has 0 aliphatic carbocycles. The van der Waals surface area contributed by atoms with Crippen molar-refractivity contribution < 1.29 is 14.7 Å². The van der Waals surface area contributed by atoms with Crippen molar-refractivity contribution >= 4 is 57.7 Å². The summed E-state index contributed by atoms with van der Waals surface area (Å²) < 4.78 is 0.567. The molecule has 1 rings (SSSR count). The van der Waals surface area contributed by atoms with E-state index >= 15 is 0 Å². The molecule has 0 saturated carbocycles. The van der Waals surface area contributed by atoms with Gasteiger partial charge in [0.15, 0.2) is 0 Å². The fourth-order valence-corrected chi connectivity index (χ4v) is 2.70. The van der Waals surface area contributed by atoms with Crippen molar-refractivity contribution in [2.45, 2.75) is 26.3 Å². The fourth-order valence-electron chi connectivity index (χ4n) is 1.66. The normalized spacial score (nSPS) is 12.1. The number of amides is 1. The van der Waals surface area contributed by atoms with E-state index in [4.69, 9.17) is 28.3 Å². The minimum absolute atomic E-state index is 0.188. The van der Waals surface area contributed by atoms with E-state index in [1.165, 1.54) is 11.0 Å². The predicted octanol–water partition coefficient (Wildman–Crippen LogP) is 3.92. The van der Waals surface area contributed by atoms with Crippen LogP contribution in [0.5, 0.6) is 0 Å². The highest BCUT2D eigenvalue weighted by atomic mass is 127. The highest BCUT2D eigenvalue weighted by Crippen LogP contribution is 2.28. The summed E-state index contributed by atoms with van der Waals surface area (Å²) in [7, 11) is 0. The van der Waals surface area contributed by atoms with Crippen molar-refractivity contribution in [1.29, 1.82) is 0 Å². The zero-order valence-electron chi connectivity index (χ0n) is 11.0. The number of carbonyl (C=O) groups is 2. The zero-order valence-corrected chi connectivity index (χ0v) is 14.7. The van der Waals surface area contributed by atoms with Gasteiger partial charge in [0, 0.05) is 14.6 Å². The van der Waals surface area contributed by atoms with Crippen molar-refractivity contribution in [2.75, 3.05) is 6.54 Å². The van der Waals surface area contributed by atoms with E-state index in [0.717, 1.165) is 0 Å². The molecule has 110 valence electrons. The van der Waals surface area contributed by atoms with Crippen LogP contribution in [0.15, 0.2) is 12.1 Å². The maximum Gasteiger partial charge on any atom is 0.323 e. The van der Waals surface area contributed by atoms with Crippen molar-refractivity contribution in [2.24, 2.45) is 0 Å². The zero-order chi connectivity index (χ0) is 15.4. The molecular weight excluding hydrogens is 416 g/mol. The number of hydrogen-bond acceptors (Lipinski definition) is 2. The predicted molar refractivity (Wildman–Crippen MR) is 87.6 cm³/mol. The Morgan fingerprint density at radius 2 is 2.00 bits per heavy atom. The van der Waals surface area contributed by atoms with E-state index in [1.807, 2.05) is 29.5 Å². The van der Waals surface area contributed by atoms with Crippen LogP contribution in [-0.2, 0) is 4.79 Å². The number of carboxylic acids is 1. The van der Waals surface area contributed by atoms with Crippen LogP contribution in [0.4, 0.5) is 0 Å². The summed E-state index contributed by atoms with van der Waals surface area (Å²) in [4.78, 5) is 24.8. The molecule has 0 spiro atoms. The number of rotatable bonds is 5. The molecule has 0 bridgehead atoms. The van der Waals surface area contributed by atoms with Gasteiger partial charge in [-0.3, -0.25) is 9.59 Å². The molecule has 1 atom stereocenters. The molecule has 0 saturated heterocycles. The fraction of sp³-hybridized carbons (Fsp3) is 0.385. The Balaban J connectivity index is 3.21. The van der Waals surface area contributed by atoms with E-state index in [9.17, 15) is 9.59 Å². The minimum Gasteiger partial charge on any atom is -0.480 e. The first-order valence-corrected chi connectivity index (χ1v) is 7.78. The highest BCUT2D eigenvalue weighted by Gasteiger charge is 2.25. The summed E-state index contributed by atoms with van der Waals surface area (Å²) in [6, 6.07) is 2.87. The lowest BCUT2D eigenvalue weighted by atomic mass is 10.1. The SMILES string of the molecule is CCC(C)N(CC(=O)O)C(=O)c1cc(Cl)cc(Cl)c1I. The molecule has 1 N–H and O–H groups in total. The van der Waals surface area contributed by atoms with Crippen LogP contribution in [0, 0.1) is 3.57 Å². The first-order chi connectivity index (χ1) is 9.27. The summed E-state index contributed by atoms with van der Waals surface area (Å²) in [5.74, 6) is -1.43. The average Bonchev–Trinajstić information content (AvgIpc) is 2.38. The van der Waals surface area contributed by atoms with Crippen LogP contribution in [-0.4, -0.2) is 34.5 Å². The third-order valence-corrected chi connectivity index (χ3v) is 4.91. The summed E-state index contributed by atoms with van der Waals surface area (Å²) in [5.41, 5.74) is 0.324. The molecule has 0 aliphatic rings. The number of carbonyl (C=O) groups excluding carboxylic acids is 1. The van der Waals surface area contributed by atoms with Gasteiger partial charge in [0.25, 0.3) is 5.91 Å². The van der Waals surface area contributed by atoms with E-state index < -0.39 is 5.97 Å². The van der Waals surface area contributed by atoms with Crippen LogP contribution in [0.3, 0.4) is 0 Å². The summed E-state index contributed by atoms with van der Waals surface area (Å²) in [6.45, 7) is 3.34. The van der Waals surface area contributed by atoms with Crippen molar-refractivity contribution in [3.05, 3.63) is 31.3 Å². The van der Waals surface area contributed by atoms with Crippen LogP contribution < -0.4 is 0 Å². The molecule has 0 aliphatic heterocycles. The Morgan fingerprint density at radius 1 is 1.40 bits per heavy atom. The third-order valence-electron chi connectivity index (χ3n) is 2.91. The van der Waals surface area contributed by atoms with Gasteiger partial charge in [-0.05, 0) is 48.1 Å². The largest absolute Gasteiger partial charge is 0.480 e. The van der Waals surface area contributed by atoms with Gasteiger partial charge in [-0.25, -0.2) is 0 Å². The quantitative estimate of drug-likeness (QED) is 0.570. The van der Waals surface area contributed by atoms with Crippen LogP contribution >= 0.6 is 45.8 Å². The van der Waals surface area contributed by atoms with Gasteiger partial charge in [-0.1, -0.05) is 30.1 Å². The van der Waals surface area contributed by atoms with Crippen LogP contribution in [0.25, 0.3) is 0 Å². The molecule has 0 fully saturated rings. The van der Waals surface area contributed by atoms with Crippen molar-refractivity contribution in [3.8, 4) is 0 Å². The highest BCUT2D eigenvalue weighted by molar-refractivity contribution is 14.1. The Labute approximate surface area is 141 Å². The monoisotopic (exact) mass is 429 g/mol. The Morgan fingerprint density at radius 3 is 2.50 bits per heavy atom. The Bertz CT molecular complexity index is 537. The lowest BCUT2D eigenvalue weighted by Crippen LogP contribution is -2.42. The smallest absolute Gasteiger partial charge is 0.323 e. The summed E-state index contributed by atoms with van der Waals surface area (Å²) in [6.07, 6.45) is 0.657. The molecule has 0 radical (unpaired) electrons. The number of hydrogen-bond donors (Lipinski definition) is 1. The second kappa shape index (κ2) is 7.47. The Kier molecular flexibility index (Phi) is 6.54. The van der Waals surface area contributed by atoms with Crippen molar-refractivity contribution in [3.63, 3.8) is 0 Å². The average molecular weight is 430 g/mol. The van der Waals surface area contributed by atoms with Gasteiger partial charge >= 0.3 is 5.97 Å². The molecule has 0 aromatic heterocycles. The second-order valence-corrected chi connectivity index (χ2v) is 6.26. The van der Waals surface area contributed by atoms with Gasteiger partial charge < -0.3 is 10.0 Å². The number of halogens is 3. The molecule has 1 amide bonds. The standard InChI is InChI=1S/C13H14Cl2INO3/c1-3-7(2)17(6-11(18)19)13(20)9-4-8(14)5-10(15)12(9)16/h4-5,7H,3,6H2,1-2H3,(H,18,19). The van der Waals surface area contributed by atoms with Gasteiger partial charge in [0.1, 0.15) is 6.54 Å². The maximum atomic E-state index is 12.5. The van der Waals surface area contributed by atoms with Gasteiger partial charge in [0.2, 0.25) is 0 Å². The second-order valence-electron chi connectivity index (χ2n) is 4.33. The van der Waals surface area contributed by atoms with Gasteiger partial charge in [-0.2, -0.15) is 0 Å². The first-order valence-electron chi connectivity index (χ1n) is 5.95. The summed E-state index contributed by atoms with van der Waals surface area (Å²) in [5, 5.41) is 9.68. The first kappa shape index (κ1) is 17.5. The van der Waals surface area contributed by atoms with Gasteiger partial charge in [0.05, 0.1) is 10.6 Å². The van der Waals surface area contributed by atoms with E-state index in [-0.39, 0.29) is 18.5 Å². The minimum atomic E-state index is -1.05. The molecule has 4 nitrogen and oxygen atoms in total. The number of carboxylic acid groups (broad SMARTS) is 1. The molecule has 7 heteroatoms. The number of benzene rings is 1. The van der Waals surface area contributed by atoms with E-state index in [2.05, 4.69) is 0 Å². The van der Waals surface area contributed by atoms with Gasteiger partial charge in [-0.15, -0.1) is 0 Å². The molecule has 1 aromatic carbocycles. The maximum absolute atomic E-state index is 12.5. The lowest BCUT2D eigenvalue weighted by Gasteiger charge is -2.27. The van der Waals surface area contributed by atoms with Crippen molar-refractivity contribution in [1.82, 2.24) is 4.90 Å². The Hall–Kier alpha value is -0.530. The van der Waals surface area contributed by atoms with E-state index in [0.29, 0.717) is 25.6 Å². The lowest BCUT2D eigenvalue weighted by molar-refractivity contribution is -0.138. The van der Waals surface area contributed by atoms with Crippen LogP contribution in [0.2, 0.25) is 10.0 Å². The molecule has 1 aromatic rings. The number of aliphatic carboxylic acids is 1. The third kappa shape index (κ3) is 4.23. The topological polar surface area (TPSA) is 57.6 Å². The molecule has 1 unspecified atom stereocenters.